The molecule has 4 N–H and O–H groups in total. The Hall–Kier alpha value is -3.62. The zero-order valence-electron chi connectivity index (χ0n) is 16.7. The molecule has 1 saturated heterocycles. The van der Waals surface area contributed by atoms with E-state index in [1.54, 1.807) is 19.5 Å². The van der Waals surface area contributed by atoms with Crippen LogP contribution in [-0.2, 0) is 0 Å². The van der Waals surface area contributed by atoms with E-state index in [1.165, 1.54) is 0 Å². The molecule has 1 aliphatic heterocycles. The van der Waals surface area contributed by atoms with E-state index in [-0.39, 0.29) is 5.96 Å². The van der Waals surface area contributed by atoms with Gasteiger partial charge in [-0.2, -0.15) is 4.99 Å². The third kappa shape index (κ3) is 4.81. The molecule has 9 heteroatoms. The lowest BCUT2D eigenvalue weighted by atomic mass is 10.1. The van der Waals surface area contributed by atoms with Crippen LogP contribution in [0.4, 0.5) is 5.69 Å². The topological polar surface area (TPSA) is 118 Å². The Morgan fingerprint density at radius 2 is 1.79 bits per heavy atom. The van der Waals surface area contributed by atoms with Gasteiger partial charge in [0.2, 0.25) is 5.96 Å². The van der Waals surface area contributed by atoms with E-state index in [0.717, 1.165) is 48.7 Å². The van der Waals surface area contributed by atoms with Crippen molar-refractivity contribution in [2.75, 3.05) is 38.2 Å². The molecule has 0 atom stereocenters. The standard InChI is InChI=1S/C20H26N8O/c1-14(18(21)26-19(22)23-2)27-7-9-28(10-8-27)17-6-4-5-15(11-17)16-12-24-20(29-3)25-13-16/h4-6,11-13H,2,7-10,21H2,1,3H3,(H2,22,26)/b18-14+. The molecule has 152 valence electrons. The maximum absolute atomic E-state index is 6.02. The normalized spacial score (nSPS) is 15.7. The molecule has 9 nitrogen and oxygen atoms in total. The highest BCUT2D eigenvalue weighted by Crippen LogP contribution is 2.25. The second kappa shape index (κ2) is 9.05. The number of ether oxygens (including phenoxy) is 1. The van der Waals surface area contributed by atoms with Crippen molar-refractivity contribution in [3.63, 3.8) is 0 Å². The summed E-state index contributed by atoms with van der Waals surface area (Å²) < 4.78 is 5.03. The van der Waals surface area contributed by atoms with E-state index in [4.69, 9.17) is 16.2 Å². The highest BCUT2D eigenvalue weighted by Gasteiger charge is 2.19. The van der Waals surface area contributed by atoms with Gasteiger partial charge in [0.1, 0.15) is 5.82 Å². The van der Waals surface area contributed by atoms with Crippen molar-refractivity contribution in [3.05, 3.63) is 48.2 Å². The van der Waals surface area contributed by atoms with Crippen molar-refractivity contribution in [3.8, 4) is 17.1 Å². The van der Waals surface area contributed by atoms with Gasteiger partial charge in [-0.1, -0.05) is 12.1 Å². The molecule has 1 aliphatic rings. The molecule has 2 aromatic rings. The highest BCUT2D eigenvalue weighted by molar-refractivity contribution is 5.83. The minimum atomic E-state index is 0.0693. The lowest BCUT2D eigenvalue weighted by Gasteiger charge is -2.38. The molecular weight excluding hydrogens is 368 g/mol. The van der Waals surface area contributed by atoms with Crippen molar-refractivity contribution in [1.82, 2.24) is 14.9 Å². The summed E-state index contributed by atoms with van der Waals surface area (Å²) in [6.07, 6.45) is 3.54. The van der Waals surface area contributed by atoms with Gasteiger partial charge in [0.15, 0.2) is 0 Å². The molecule has 3 rings (SSSR count). The SMILES string of the molecule is C=NC(N)=N/C(N)=C(\C)N1CCN(c2cccc(-c3cnc(OC)nc3)c2)CC1. The van der Waals surface area contributed by atoms with Crippen LogP contribution in [0.1, 0.15) is 6.92 Å². The summed E-state index contributed by atoms with van der Waals surface area (Å²) in [5.74, 6) is 0.435. The van der Waals surface area contributed by atoms with Crippen LogP contribution in [0.25, 0.3) is 11.1 Å². The number of aliphatic imine (C=N–C) groups is 2. The zero-order chi connectivity index (χ0) is 20.8. The number of hydrogen-bond donors (Lipinski definition) is 2. The fourth-order valence-corrected chi connectivity index (χ4v) is 3.15. The molecule has 2 heterocycles. The Kier molecular flexibility index (Phi) is 6.28. The second-order valence-corrected chi connectivity index (χ2v) is 6.58. The fraction of sp³-hybridized carbons (Fsp3) is 0.300. The van der Waals surface area contributed by atoms with Gasteiger partial charge in [-0.05, 0) is 31.3 Å². The van der Waals surface area contributed by atoms with Crippen LogP contribution in [0.15, 0.2) is 58.2 Å². The average Bonchev–Trinajstić information content (AvgIpc) is 2.78. The number of benzene rings is 1. The van der Waals surface area contributed by atoms with Crippen LogP contribution in [0.2, 0.25) is 0 Å². The molecule has 0 radical (unpaired) electrons. The Labute approximate surface area is 170 Å². The molecular formula is C20H26N8O. The van der Waals surface area contributed by atoms with E-state index >= 15 is 0 Å². The van der Waals surface area contributed by atoms with Gasteiger partial charge >= 0.3 is 6.01 Å². The number of hydrogen-bond acceptors (Lipinski definition) is 7. The van der Waals surface area contributed by atoms with Gasteiger partial charge in [0, 0.05) is 49.8 Å². The van der Waals surface area contributed by atoms with Crippen molar-refractivity contribution >= 4 is 18.4 Å². The zero-order valence-corrected chi connectivity index (χ0v) is 16.7. The molecule has 0 spiro atoms. The van der Waals surface area contributed by atoms with Crippen LogP contribution >= 0.6 is 0 Å². The van der Waals surface area contributed by atoms with Crippen LogP contribution in [0, 0.1) is 0 Å². The first-order chi connectivity index (χ1) is 14.0. The Bertz CT molecular complexity index is 914. The van der Waals surface area contributed by atoms with E-state index in [2.05, 4.69) is 54.7 Å². The third-order valence-corrected chi connectivity index (χ3v) is 4.88. The van der Waals surface area contributed by atoms with Crippen molar-refractivity contribution in [2.24, 2.45) is 21.5 Å². The quantitative estimate of drug-likeness (QED) is 0.582. The molecule has 29 heavy (non-hydrogen) atoms. The summed E-state index contributed by atoms with van der Waals surface area (Å²) in [6, 6.07) is 8.72. The summed E-state index contributed by atoms with van der Waals surface area (Å²) in [5, 5.41) is 0. The highest BCUT2D eigenvalue weighted by atomic mass is 16.5. The smallest absolute Gasteiger partial charge is 0.316 e. The number of nitrogens with zero attached hydrogens (tertiary/aromatic N) is 6. The van der Waals surface area contributed by atoms with Gasteiger partial charge in [-0.25, -0.2) is 15.0 Å². The van der Waals surface area contributed by atoms with E-state index < -0.39 is 0 Å². The lowest BCUT2D eigenvalue weighted by molar-refractivity contribution is 0.318. The minimum Gasteiger partial charge on any atom is -0.467 e. The molecule has 0 amide bonds. The third-order valence-electron chi connectivity index (χ3n) is 4.88. The molecule has 0 bridgehead atoms. The van der Waals surface area contributed by atoms with Crippen LogP contribution in [0.5, 0.6) is 6.01 Å². The van der Waals surface area contributed by atoms with E-state index in [1.807, 2.05) is 13.0 Å². The predicted molar refractivity (Wildman–Crippen MR) is 116 cm³/mol. The monoisotopic (exact) mass is 394 g/mol. The largest absolute Gasteiger partial charge is 0.467 e. The number of nitrogens with two attached hydrogens (primary N) is 2. The van der Waals surface area contributed by atoms with Gasteiger partial charge in [0.25, 0.3) is 0 Å². The second-order valence-electron chi connectivity index (χ2n) is 6.58. The number of methoxy groups -OCH3 is 1. The number of anilines is 1. The predicted octanol–water partition coefficient (Wildman–Crippen LogP) is 1.44. The first-order valence-corrected chi connectivity index (χ1v) is 9.25. The first kappa shape index (κ1) is 20.1. The van der Waals surface area contributed by atoms with Crippen LogP contribution < -0.4 is 21.1 Å². The van der Waals surface area contributed by atoms with Crippen molar-refractivity contribution < 1.29 is 4.74 Å². The Balaban J connectivity index is 1.69. The number of allylic oxidation sites excluding steroid dienone is 1. The van der Waals surface area contributed by atoms with Crippen molar-refractivity contribution in [2.45, 2.75) is 6.92 Å². The van der Waals surface area contributed by atoms with Crippen LogP contribution in [-0.4, -0.2) is 60.8 Å². The van der Waals surface area contributed by atoms with Gasteiger partial charge < -0.3 is 26.0 Å². The number of rotatable bonds is 5. The molecule has 0 aliphatic carbocycles. The number of guanidine groups is 1. The van der Waals surface area contributed by atoms with E-state index in [0.29, 0.717) is 11.8 Å². The molecule has 0 unspecified atom stereocenters. The summed E-state index contributed by atoms with van der Waals surface area (Å²) in [6.45, 7) is 8.69. The summed E-state index contributed by atoms with van der Waals surface area (Å²) >= 11 is 0. The van der Waals surface area contributed by atoms with Gasteiger partial charge in [0.05, 0.1) is 12.8 Å². The Morgan fingerprint density at radius 1 is 1.10 bits per heavy atom. The molecule has 1 aromatic carbocycles. The average molecular weight is 394 g/mol. The molecule has 1 aromatic heterocycles. The van der Waals surface area contributed by atoms with Crippen LogP contribution in [0.3, 0.4) is 0 Å². The summed E-state index contributed by atoms with van der Waals surface area (Å²) in [7, 11) is 1.55. The van der Waals surface area contributed by atoms with Crippen molar-refractivity contribution in [1.29, 1.82) is 0 Å². The summed E-state index contributed by atoms with van der Waals surface area (Å²) in [4.78, 5) is 20.5. The van der Waals surface area contributed by atoms with E-state index in [9.17, 15) is 0 Å². The van der Waals surface area contributed by atoms with Gasteiger partial charge in [-0.3, -0.25) is 0 Å². The minimum absolute atomic E-state index is 0.0693. The lowest BCUT2D eigenvalue weighted by Crippen LogP contribution is -2.46. The first-order valence-electron chi connectivity index (χ1n) is 9.25. The Morgan fingerprint density at radius 3 is 2.41 bits per heavy atom. The maximum atomic E-state index is 6.02. The maximum Gasteiger partial charge on any atom is 0.316 e. The summed E-state index contributed by atoms with van der Waals surface area (Å²) in [5.41, 5.74) is 15.7. The fourth-order valence-electron chi connectivity index (χ4n) is 3.15. The number of aromatic nitrogens is 2. The number of piperazine rings is 1. The molecule has 1 fully saturated rings. The molecule has 0 saturated carbocycles. The van der Waals surface area contributed by atoms with Gasteiger partial charge in [-0.15, -0.1) is 0 Å².